The maximum absolute atomic E-state index is 12.7. The van der Waals surface area contributed by atoms with E-state index in [1.165, 1.54) is 11.1 Å². The van der Waals surface area contributed by atoms with Gasteiger partial charge < -0.3 is 15.0 Å². The number of rotatable bonds is 5. The van der Waals surface area contributed by atoms with Crippen molar-refractivity contribution in [2.24, 2.45) is 0 Å². The number of amides is 2. The van der Waals surface area contributed by atoms with E-state index in [0.29, 0.717) is 11.8 Å². The van der Waals surface area contributed by atoms with E-state index in [9.17, 15) is 4.79 Å². The number of likely N-dealkylation sites (tertiary alicyclic amines) is 1. The fourth-order valence-electron chi connectivity index (χ4n) is 4.25. The summed E-state index contributed by atoms with van der Waals surface area (Å²) in [5, 5.41) is 3.21. The normalized spacial score (nSPS) is 18.0. The zero-order valence-corrected chi connectivity index (χ0v) is 22.1. The minimum absolute atomic E-state index is 0. The average molecular weight is 521 g/mol. The molecular formula is C30H35N3O2V. The molecule has 1 saturated carbocycles. The number of urea groups is 1. The van der Waals surface area contributed by atoms with Crippen LogP contribution in [0.3, 0.4) is 0 Å². The third-order valence-corrected chi connectivity index (χ3v) is 6.11. The van der Waals surface area contributed by atoms with Gasteiger partial charge in [-0.2, -0.15) is 0 Å². The Hall–Kier alpha value is -3.28. The fourth-order valence-corrected chi connectivity index (χ4v) is 4.25. The minimum Gasteiger partial charge on any atom is -0.439 e. The van der Waals surface area contributed by atoms with Crippen LogP contribution in [-0.4, -0.2) is 35.0 Å². The fraction of sp³-hybridized carbons (Fsp3) is 0.267. The van der Waals surface area contributed by atoms with Gasteiger partial charge in [-0.25, -0.2) is 9.78 Å². The first-order valence-corrected chi connectivity index (χ1v) is 12.2. The molecule has 2 atom stereocenters. The molecule has 0 bridgehead atoms. The molecule has 5 nitrogen and oxygen atoms in total. The second kappa shape index (κ2) is 13.7. The van der Waals surface area contributed by atoms with Crippen LogP contribution in [0.15, 0.2) is 97.2 Å². The quantitative estimate of drug-likeness (QED) is 0.367. The molecule has 1 aliphatic carbocycles. The predicted molar refractivity (Wildman–Crippen MR) is 144 cm³/mol. The first-order valence-electron chi connectivity index (χ1n) is 12.2. The number of aromatic nitrogens is 1. The van der Waals surface area contributed by atoms with Crippen LogP contribution in [0.5, 0.6) is 11.6 Å². The van der Waals surface area contributed by atoms with Gasteiger partial charge in [-0.3, -0.25) is 0 Å². The summed E-state index contributed by atoms with van der Waals surface area (Å²) in [7, 11) is 0. The molecule has 1 N–H and O–H groups in total. The SMILES string of the molecule is C=CC.O=C(NC1CC1c1ccccc1)N1CCC(=Cc2cccc(Oc3ccccn3)c2)CC1.[HH].[V]. The van der Waals surface area contributed by atoms with Crippen LogP contribution in [0.1, 0.15) is 44.7 Å². The van der Waals surface area contributed by atoms with E-state index in [2.05, 4.69) is 53.3 Å². The molecule has 2 heterocycles. The van der Waals surface area contributed by atoms with E-state index in [0.717, 1.165) is 43.7 Å². The Morgan fingerprint density at radius 3 is 2.50 bits per heavy atom. The molecule has 1 saturated heterocycles. The molecule has 2 unspecified atom stereocenters. The largest absolute Gasteiger partial charge is 0.439 e. The molecule has 5 rings (SSSR count). The van der Waals surface area contributed by atoms with Crippen molar-refractivity contribution in [1.82, 2.24) is 15.2 Å². The number of carbonyl (C=O) groups excluding carboxylic acids is 1. The van der Waals surface area contributed by atoms with Crippen molar-refractivity contribution in [3.63, 3.8) is 0 Å². The van der Waals surface area contributed by atoms with Gasteiger partial charge in [0.15, 0.2) is 0 Å². The van der Waals surface area contributed by atoms with E-state index < -0.39 is 0 Å². The number of ether oxygens (including phenoxy) is 1. The van der Waals surface area contributed by atoms with Crippen molar-refractivity contribution in [1.29, 1.82) is 0 Å². The van der Waals surface area contributed by atoms with Gasteiger partial charge in [-0.05, 0) is 55.5 Å². The number of benzene rings is 2. The Morgan fingerprint density at radius 2 is 1.81 bits per heavy atom. The van der Waals surface area contributed by atoms with Crippen molar-refractivity contribution in [3.05, 3.63) is 108 Å². The topological polar surface area (TPSA) is 54.5 Å². The number of hydrogen-bond donors (Lipinski definition) is 1. The molecule has 2 aromatic carbocycles. The summed E-state index contributed by atoms with van der Waals surface area (Å²) in [6, 6.07) is 24.4. The van der Waals surface area contributed by atoms with Gasteiger partial charge >= 0.3 is 6.03 Å². The molecule has 2 fully saturated rings. The van der Waals surface area contributed by atoms with Gasteiger partial charge in [0.05, 0.1) is 0 Å². The third kappa shape index (κ3) is 7.87. The standard InChI is InChI=1S/C27H27N3O2.C3H6.V.H2/c31-27(29-25-19-24(25)22-8-2-1-3-9-22)30-15-12-20(13-16-30)17-21-7-6-10-23(18-21)32-26-11-4-5-14-28-26;1-3-2;;/h1-11,14,17-18,24-25H,12-13,15-16,19H2,(H,29,31);3H,1H2,2H3;;1H. The summed E-state index contributed by atoms with van der Waals surface area (Å²) in [6.07, 6.45) is 8.51. The molecule has 187 valence electrons. The minimum atomic E-state index is 0. The van der Waals surface area contributed by atoms with E-state index in [4.69, 9.17) is 4.74 Å². The molecule has 6 heteroatoms. The van der Waals surface area contributed by atoms with E-state index in [1.807, 2.05) is 54.3 Å². The summed E-state index contributed by atoms with van der Waals surface area (Å²) in [5.74, 6) is 1.81. The molecule has 1 aliphatic heterocycles. The molecule has 2 aliphatic rings. The summed E-state index contributed by atoms with van der Waals surface area (Å²) in [6.45, 7) is 6.76. The zero-order valence-electron chi connectivity index (χ0n) is 20.7. The van der Waals surface area contributed by atoms with Gasteiger partial charge in [0.1, 0.15) is 5.75 Å². The number of allylic oxidation sites excluding steroid dienone is 1. The predicted octanol–water partition coefficient (Wildman–Crippen LogP) is 7.05. The van der Waals surface area contributed by atoms with Gasteiger partial charge in [0.25, 0.3) is 0 Å². The van der Waals surface area contributed by atoms with Crippen molar-refractivity contribution >= 4 is 12.1 Å². The van der Waals surface area contributed by atoms with E-state index in [-0.39, 0.29) is 32.1 Å². The van der Waals surface area contributed by atoms with Crippen molar-refractivity contribution in [2.45, 2.75) is 38.1 Å². The first kappa shape index (κ1) is 27.3. The van der Waals surface area contributed by atoms with Crippen LogP contribution < -0.4 is 10.1 Å². The summed E-state index contributed by atoms with van der Waals surface area (Å²) in [4.78, 5) is 18.8. The Balaban J connectivity index is 0.000000919. The first-order chi connectivity index (χ1) is 17.2. The maximum Gasteiger partial charge on any atom is 0.317 e. The number of hydrogen-bond acceptors (Lipinski definition) is 3. The smallest absolute Gasteiger partial charge is 0.317 e. The second-order valence-corrected chi connectivity index (χ2v) is 8.85. The van der Waals surface area contributed by atoms with Crippen LogP contribution in [0.4, 0.5) is 4.79 Å². The van der Waals surface area contributed by atoms with Crippen molar-refractivity contribution in [2.75, 3.05) is 13.1 Å². The van der Waals surface area contributed by atoms with Crippen LogP contribution in [0, 0.1) is 0 Å². The van der Waals surface area contributed by atoms with Crippen molar-refractivity contribution in [3.8, 4) is 11.6 Å². The Labute approximate surface area is 227 Å². The molecule has 2 amide bonds. The van der Waals surface area contributed by atoms with Crippen LogP contribution in [-0.2, 0) is 18.6 Å². The molecule has 1 radical (unpaired) electrons. The monoisotopic (exact) mass is 520 g/mol. The van der Waals surface area contributed by atoms with E-state index >= 15 is 0 Å². The van der Waals surface area contributed by atoms with Gasteiger partial charge in [0, 0.05) is 57.3 Å². The second-order valence-electron chi connectivity index (χ2n) is 8.85. The number of nitrogens with one attached hydrogen (secondary N) is 1. The molecule has 36 heavy (non-hydrogen) atoms. The zero-order chi connectivity index (χ0) is 24.5. The van der Waals surface area contributed by atoms with Gasteiger partial charge in [-0.15, -0.1) is 6.58 Å². The summed E-state index contributed by atoms with van der Waals surface area (Å²) in [5.41, 5.74) is 3.78. The van der Waals surface area contributed by atoms with Crippen LogP contribution in [0.2, 0.25) is 0 Å². The summed E-state index contributed by atoms with van der Waals surface area (Å²) < 4.78 is 5.84. The average Bonchev–Trinajstić information content (AvgIpc) is 3.65. The molecule has 3 aromatic rings. The number of nitrogens with zero attached hydrogens (tertiary/aromatic N) is 2. The van der Waals surface area contributed by atoms with Gasteiger partial charge in [-0.1, -0.05) is 66.3 Å². The Kier molecular flexibility index (Phi) is 10.4. The van der Waals surface area contributed by atoms with Crippen LogP contribution in [0.25, 0.3) is 6.08 Å². The molecular weight excluding hydrogens is 485 g/mol. The van der Waals surface area contributed by atoms with Crippen LogP contribution >= 0.6 is 0 Å². The Morgan fingerprint density at radius 1 is 1.08 bits per heavy atom. The Bertz CT molecular complexity index is 1150. The number of carbonyl (C=O) groups is 1. The van der Waals surface area contributed by atoms with E-state index in [1.54, 1.807) is 12.3 Å². The molecule has 0 spiro atoms. The third-order valence-electron chi connectivity index (χ3n) is 6.11. The molecule has 1 aromatic heterocycles. The van der Waals surface area contributed by atoms with Gasteiger partial charge in [0.2, 0.25) is 5.88 Å². The summed E-state index contributed by atoms with van der Waals surface area (Å²) >= 11 is 0. The van der Waals surface area contributed by atoms with Crippen molar-refractivity contribution < 1.29 is 29.5 Å². The maximum atomic E-state index is 12.7. The number of pyridine rings is 1. The number of piperidine rings is 1.